The third-order valence-electron chi connectivity index (χ3n) is 5.90. The molecule has 0 aliphatic rings. The van der Waals surface area contributed by atoms with Crippen LogP contribution in [0.4, 0.5) is 5.69 Å². The minimum atomic E-state index is -0.210. The fourth-order valence-electron chi connectivity index (χ4n) is 4.08. The third kappa shape index (κ3) is 5.31. The highest BCUT2D eigenvalue weighted by Gasteiger charge is 2.23. The van der Waals surface area contributed by atoms with Gasteiger partial charge in [0.25, 0.3) is 5.91 Å². The second-order valence-corrected chi connectivity index (χ2v) is 7.95. The van der Waals surface area contributed by atoms with Crippen molar-refractivity contribution >= 4 is 29.9 Å². The van der Waals surface area contributed by atoms with E-state index in [4.69, 9.17) is 0 Å². The van der Waals surface area contributed by atoms with E-state index in [0.717, 1.165) is 16.8 Å². The maximum Gasteiger partial charge on any atom is 0.272 e. The van der Waals surface area contributed by atoms with Crippen molar-refractivity contribution in [2.75, 3.05) is 11.9 Å². The van der Waals surface area contributed by atoms with Gasteiger partial charge in [-0.25, -0.2) is 0 Å². The van der Waals surface area contributed by atoms with Crippen molar-refractivity contribution in [1.29, 1.82) is 0 Å². The van der Waals surface area contributed by atoms with Gasteiger partial charge in [-0.05, 0) is 49.1 Å². The van der Waals surface area contributed by atoms with Crippen LogP contribution in [0.1, 0.15) is 57.9 Å². The number of ketones is 1. The minimum absolute atomic E-state index is 0.0489. The van der Waals surface area contributed by atoms with Crippen LogP contribution < -0.4 is 5.32 Å². The van der Waals surface area contributed by atoms with Crippen molar-refractivity contribution in [1.82, 2.24) is 14.5 Å². The molecule has 3 aromatic rings. The Morgan fingerprint density at radius 1 is 1.09 bits per heavy atom. The molecule has 0 saturated carbocycles. The number of aromatic nitrogens is 2. The quantitative estimate of drug-likeness (QED) is 0.354. The zero-order valence-corrected chi connectivity index (χ0v) is 20.0. The van der Waals surface area contributed by atoms with E-state index in [1.165, 1.54) is 4.90 Å². The summed E-state index contributed by atoms with van der Waals surface area (Å²) in [5.74, 6) is -0.347. The lowest BCUT2D eigenvalue weighted by Gasteiger charge is -2.20. The smallest absolute Gasteiger partial charge is 0.272 e. The first-order valence-corrected chi connectivity index (χ1v) is 11.3. The summed E-state index contributed by atoms with van der Waals surface area (Å²) in [5, 5.41) is 2.93. The Kier molecular flexibility index (Phi) is 8.14. The monoisotopic (exact) mass is 458 g/mol. The number of Topliss-reactive ketones (excluding diaryl/α,β-unsaturated/α-hetero) is 1. The molecule has 0 radical (unpaired) electrons. The third-order valence-corrected chi connectivity index (χ3v) is 5.90. The highest BCUT2D eigenvalue weighted by Crippen LogP contribution is 2.26. The number of nitrogens with one attached hydrogen (secondary N) is 1. The van der Waals surface area contributed by atoms with Gasteiger partial charge in [0.1, 0.15) is 5.69 Å². The van der Waals surface area contributed by atoms with Crippen LogP contribution in [0.3, 0.4) is 0 Å². The highest BCUT2D eigenvalue weighted by atomic mass is 16.2. The van der Waals surface area contributed by atoms with Gasteiger partial charge in [-0.3, -0.25) is 19.4 Å². The SMILES string of the molecule is CC/C(=C/c1c(C)c(CC)c(C(=O)Nc2ccncc2)n1C)N(C=O)CC(=O)c1ccccc1. The first-order valence-electron chi connectivity index (χ1n) is 11.3. The van der Waals surface area contributed by atoms with Crippen LogP contribution in [0.25, 0.3) is 6.08 Å². The van der Waals surface area contributed by atoms with E-state index in [-0.39, 0.29) is 18.2 Å². The molecule has 3 rings (SSSR count). The Balaban J connectivity index is 1.95. The maximum absolute atomic E-state index is 13.1. The average molecular weight is 459 g/mol. The molecule has 34 heavy (non-hydrogen) atoms. The fourth-order valence-corrected chi connectivity index (χ4v) is 4.08. The Bertz CT molecular complexity index is 1200. The predicted octanol–water partition coefficient (Wildman–Crippen LogP) is 4.64. The predicted molar refractivity (Wildman–Crippen MR) is 134 cm³/mol. The van der Waals surface area contributed by atoms with Gasteiger partial charge in [0.2, 0.25) is 6.41 Å². The molecule has 0 saturated heterocycles. The van der Waals surface area contributed by atoms with Gasteiger partial charge in [0.05, 0.1) is 6.54 Å². The van der Waals surface area contributed by atoms with Crippen LogP contribution in [0.15, 0.2) is 60.6 Å². The number of hydrogen-bond acceptors (Lipinski definition) is 4. The molecule has 0 fully saturated rings. The summed E-state index contributed by atoms with van der Waals surface area (Å²) in [6.45, 7) is 5.87. The molecule has 0 bridgehead atoms. The zero-order valence-electron chi connectivity index (χ0n) is 20.0. The van der Waals surface area contributed by atoms with Crippen molar-refractivity contribution in [3.05, 3.63) is 88.6 Å². The molecule has 1 N–H and O–H groups in total. The molecule has 2 heterocycles. The number of carbonyl (C=O) groups excluding carboxylic acids is 3. The van der Waals surface area contributed by atoms with E-state index >= 15 is 0 Å². The van der Waals surface area contributed by atoms with E-state index in [2.05, 4.69) is 10.3 Å². The molecular weight excluding hydrogens is 428 g/mol. The summed E-state index contributed by atoms with van der Waals surface area (Å²) < 4.78 is 1.85. The minimum Gasteiger partial charge on any atom is -0.340 e. The average Bonchev–Trinajstić information content (AvgIpc) is 3.10. The lowest BCUT2D eigenvalue weighted by Crippen LogP contribution is -2.28. The van der Waals surface area contributed by atoms with Crippen molar-refractivity contribution in [2.45, 2.75) is 33.6 Å². The molecule has 7 heteroatoms. The molecule has 2 amide bonds. The van der Waals surface area contributed by atoms with Crippen LogP contribution in [-0.4, -0.2) is 39.1 Å². The molecular formula is C27H30N4O3. The molecule has 0 unspecified atom stereocenters. The summed E-state index contributed by atoms with van der Waals surface area (Å²) in [6, 6.07) is 12.4. The van der Waals surface area contributed by atoms with E-state index in [0.29, 0.717) is 41.9 Å². The highest BCUT2D eigenvalue weighted by molar-refractivity contribution is 6.05. The van der Waals surface area contributed by atoms with E-state index in [1.807, 2.05) is 44.5 Å². The van der Waals surface area contributed by atoms with Gasteiger partial charge in [-0.2, -0.15) is 0 Å². The molecule has 0 spiro atoms. The number of amides is 2. The summed E-state index contributed by atoms with van der Waals surface area (Å²) in [7, 11) is 1.84. The molecule has 1 aromatic carbocycles. The Hall–Kier alpha value is -4.00. The lowest BCUT2D eigenvalue weighted by molar-refractivity contribution is -0.116. The normalized spacial score (nSPS) is 11.2. The summed E-state index contributed by atoms with van der Waals surface area (Å²) in [4.78, 5) is 43.2. The second-order valence-electron chi connectivity index (χ2n) is 7.95. The second kappa shape index (κ2) is 11.2. The molecule has 2 aromatic heterocycles. The topological polar surface area (TPSA) is 84.3 Å². The fraction of sp³-hybridized carbons (Fsp3) is 0.259. The Morgan fingerprint density at radius 2 is 1.76 bits per heavy atom. The molecule has 0 aliphatic carbocycles. The number of pyridine rings is 1. The van der Waals surface area contributed by atoms with Gasteiger partial charge in [-0.1, -0.05) is 44.2 Å². The van der Waals surface area contributed by atoms with Crippen LogP contribution >= 0.6 is 0 Å². The summed E-state index contributed by atoms with van der Waals surface area (Å²) >= 11 is 0. The Labute approximate surface area is 200 Å². The number of hydrogen-bond donors (Lipinski definition) is 1. The van der Waals surface area contributed by atoms with E-state index < -0.39 is 0 Å². The van der Waals surface area contributed by atoms with Gasteiger partial charge in [0, 0.05) is 42.1 Å². The van der Waals surface area contributed by atoms with Crippen LogP contribution in [0, 0.1) is 6.92 Å². The van der Waals surface area contributed by atoms with E-state index in [9.17, 15) is 14.4 Å². The zero-order chi connectivity index (χ0) is 24.7. The molecule has 7 nitrogen and oxygen atoms in total. The van der Waals surface area contributed by atoms with Crippen LogP contribution in [-0.2, 0) is 18.3 Å². The number of carbonyl (C=O) groups is 3. The van der Waals surface area contributed by atoms with Crippen LogP contribution in [0.5, 0.6) is 0 Å². The first kappa shape index (κ1) is 24.6. The van der Waals surface area contributed by atoms with Gasteiger partial charge >= 0.3 is 0 Å². The van der Waals surface area contributed by atoms with Crippen LogP contribution in [0.2, 0.25) is 0 Å². The van der Waals surface area contributed by atoms with Crippen molar-refractivity contribution in [3.63, 3.8) is 0 Å². The first-order chi connectivity index (χ1) is 16.4. The van der Waals surface area contributed by atoms with Crippen molar-refractivity contribution < 1.29 is 14.4 Å². The number of nitrogens with zero attached hydrogens (tertiary/aromatic N) is 3. The maximum atomic E-state index is 13.1. The lowest BCUT2D eigenvalue weighted by atomic mass is 10.1. The number of rotatable bonds is 10. The van der Waals surface area contributed by atoms with Gasteiger partial charge < -0.3 is 14.8 Å². The molecule has 0 atom stereocenters. The standard InChI is InChI=1S/C27H30N4O3/c1-5-22(31(18-32)17-25(33)20-10-8-7-9-11-20)16-24-19(3)23(6-2)26(30(24)4)27(34)29-21-12-14-28-15-13-21/h7-16,18H,5-6,17H2,1-4H3,(H,28,29,34)/b22-16-. The van der Waals surface area contributed by atoms with Crippen molar-refractivity contribution in [3.8, 4) is 0 Å². The number of allylic oxidation sites excluding steroid dienone is 1. The molecule has 176 valence electrons. The number of anilines is 1. The van der Waals surface area contributed by atoms with Gasteiger partial charge in [0.15, 0.2) is 5.78 Å². The van der Waals surface area contributed by atoms with Crippen molar-refractivity contribution in [2.24, 2.45) is 7.05 Å². The summed E-state index contributed by atoms with van der Waals surface area (Å²) in [5.41, 5.74) is 5.22. The largest absolute Gasteiger partial charge is 0.340 e. The molecule has 0 aliphatic heterocycles. The summed E-state index contributed by atoms with van der Waals surface area (Å²) in [6.07, 6.45) is 7.05. The van der Waals surface area contributed by atoms with Gasteiger partial charge in [-0.15, -0.1) is 0 Å². The van der Waals surface area contributed by atoms with E-state index in [1.54, 1.807) is 48.8 Å². The number of benzene rings is 1. The Morgan fingerprint density at radius 3 is 2.35 bits per heavy atom.